The summed E-state index contributed by atoms with van der Waals surface area (Å²) in [4.78, 5) is 29.0. The van der Waals surface area contributed by atoms with E-state index in [0.29, 0.717) is 24.4 Å². The molecule has 2 aromatic rings. The fourth-order valence-corrected chi connectivity index (χ4v) is 3.68. The average molecular weight is 363 g/mol. The van der Waals surface area contributed by atoms with Gasteiger partial charge in [0.2, 0.25) is 5.91 Å². The molecule has 1 atom stereocenters. The molecule has 0 radical (unpaired) electrons. The van der Waals surface area contributed by atoms with Crippen LogP contribution < -0.4 is 10.1 Å². The quantitative estimate of drug-likeness (QED) is 0.820. The first-order valence-electron chi connectivity index (χ1n) is 8.35. The van der Waals surface area contributed by atoms with Crippen LogP contribution in [0.25, 0.3) is 10.2 Å². The number of fused-ring (bicyclic) bond motifs is 1. The van der Waals surface area contributed by atoms with E-state index in [0.717, 1.165) is 10.2 Å². The summed E-state index contributed by atoms with van der Waals surface area (Å²) in [7, 11) is 1.65. The van der Waals surface area contributed by atoms with E-state index in [1.165, 1.54) is 18.3 Å². The van der Waals surface area contributed by atoms with E-state index >= 15 is 0 Å². The lowest BCUT2D eigenvalue weighted by Gasteiger charge is -2.16. The number of rotatable bonds is 7. The lowest BCUT2D eigenvalue weighted by atomic mass is 10.0. The Bertz CT molecular complexity index is 807. The second-order valence-electron chi connectivity index (χ2n) is 6.33. The van der Waals surface area contributed by atoms with Crippen molar-refractivity contribution < 1.29 is 14.3 Å². The van der Waals surface area contributed by atoms with Crippen molar-refractivity contribution in [3.8, 4) is 0 Å². The molecule has 0 aliphatic heterocycles. The molecular formula is C18H25N3O3S. The largest absolute Gasteiger partial charge is 0.383 e. The maximum Gasteiger partial charge on any atom is 0.270 e. The smallest absolute Gasteiger partial charge is 0.270 e. The molecule has 0 saturated heterocycles. The molecule has 1 N–H and O–H groups in total. The van der Waals surface area contributed by atoms with Gasteiger partial charge in [0.25, 0.3) is 5.91 Å². The van der Waals surface area contributed by atoms with Crippen LogP contribution in [0, 0.1) is 5.92 Å². The van der Waals surface area contributed by atoms with Crippen LogP contribution in [-0.2, 0) is 20.9 Å². The summed E-state index contributed by atoms with van der Waals surface area (Å²) < 4.78 is 8.22. The Morgan fingerprint density at radius 1 is 1.32 bits per heavy atom. The van der Waals surface area contributed by atoms with Gasteiger partial charge in [-0.1, -0.05) is 37.3 Å². The number of ether oxygens (including phenoxy) is 1. The van der Waals surface area contributed by atoms with E-state index in [1.54, 1.807) is 7.11 Å². The Morgan fingerprint density at radius 2 is 2.04 bits per heavy atom. The SMILES string of the molecule is COCCn1/c(=N/C(=O)[C@H](CC(C)C)NC(C)=O)sc2ccccc21. The van der Waals surface area contributed by atoms with E-state index in [1.807, 2.05) is 42.7 Å². The van der Waals surface area contributed by atoms with Gasteiger partial charge in [-0.3, -0.25) is 9.59 Å². The zero-order chi connectivity index (χ0) is 18.4. The fraction of sp³-hybridized carbons (Fsp3) is 0.500. The minimum Gasteiger partial charge on any atom is -0.383 e. The highest BCUT2D eigenvalue weighted by Crippen LogP contribution is 2.17. The molecule has 0 unspecified atom stereocenters. The number of carbonyl (C=O) groups excluding carboxylic acids is 2. The van der Waals surface area contributed by atoms with Gasteiger partial charge in [-0.2, -0.15) is 4.99 Å². The van der Waals surface area contributed by atoms with Gasteiger partial charge in [-0.05, 0) is 24.5 Å². The summed E-state index contributed by atoms with van der Waals surface area (Å²) in [5.41, 5.74) is 1.02. The summed E-state index contributed by atoms with van der Waals surface area (Å²) in [6.45, 7) is 6.59. The highest BCUT2D eigenvalue weighted by Gasteiger charge is 2.20. The minimum atomic E-state index is -0.599. The first-order chi connectivity index (χ1) is 11.9. The van der Waals surface area contributed by atoms with Crippen LogP contribution in [0.2, 0.25) is 0 Å². The zero-order valence-electron chi connectivity index (χ0n) is 15.1. The third kappa shape index (κ3) is 5.24. The molecule has 0 bridgehead atoms. The molecule has 2 amide bonds. The van der Waals surface area contributed by atoms with Crippen LogP contribution in [0.15, 0.2) is 29.3 Å². The number of hydrogen-bond donors (Lipinski definition) is 1. The van der Waals surface area contributed by atoms with Gasteiger partial charge in [-0.25, -0.2) is 0 Å². The number of nitrogens with one attached hydrogen (secondary N) is 1. The Labute approximate surface area is 151 Å². The number of aromatic nitrogens is 1. The van der Waals surface area contributed by atoms with Crippen LogP contribution in [0.5, 0.6) is 0 Å². The topological polar surface area (TPSA) is 72.7 Å². The van der Waals surface area contributed by atoms with Crippen molar-refractivity contribution in [2.45, 2.75) is 39.8 Å². The third-order valence-electron chi connectivity index (χ3n) is 3.70. The summed E-state index contributed by atoms with van der Waals surface area (Å²) in [6, 6.07) is 7.34. The normalized spacial score (nSPS) is 13.4. The highest BCUT2D eigenvalue weighted by molar-refractivity contribution is 7.16. The maximum atomic E-state index is 12.7. The number of para-hydroxylation sites is 1. The zero-order valence-corrected chi connectivity index (χ0v) is 15.9. The molecule has 0 saturated carbocycles. The Morgan fingerprint density at radius 3 is 2.68 bits per heavy atom. The molecular weight excluding hydrogens is 338 g/mol. The van der Waals surface area contributed by atoms with Gasteiger partial charge in [-0.15, -0.1) is 0 Å². The van der Waals surface area contributed by atoms with Gasteiger partial charge in [0.15, 0.2) is 4.80 Å². The van der Waals surface area contributed by atoms with E-state index in [4.69, 9.17) is 4.74 Å². The molecule has 1 aromatic heterocycles. The molecule has 2 rings (SSSR count). The lowest BCUT2D eigenvalue weighted by molar-refractivity contribution is -0.126. The molecule has 0 aliphatic carbocycles. The van der Waals surface area contributed by atoms with Crippen molar-refractivity contribution in [1.29, 1.82) is 0 Å². The van der Waals surface area contributed by atoms with E-state index in [-0.39, 0.29) is 17.7 Å². The monoisotopic (exact) mass is 363 g/mol. The number of carbonyl (C=O) groups is 2. The molecule has 1 heterocycles. The predicted octanol–water partition coefficient (Wildman–Crippen LogP) is 2.33. The van der Waals surface area contributed by atoms with Crippen molar-refractivity contribution >= 4 is 33.4 Å². The number of nitrogens with zero attached hydrogens (tertiary/aromatic N) is 2. The molecule has 136 valence electrons. The summed E-state index contributed by atoms with van der Waals surface area (Å²) in [6.07, 6.45) is 0.560. The van der Waals surface area contributed by atoms with E-state index in [9.17, 15) is 9.59 Å². The second-order valence-corrected chi connectivity index (χ2v) is 7.34. The lowest BCUT2D eigenvalue weighted by Crippen LogP contribution is -2.40. The summed E-state index contributed by atoms with van der Waals surface area (Å²) in [5, 5.41) is 2.72. The van der Waals surface area contributed by atoms with Gasteiger partial charge >= 0.3 is 0 Å². The molecule has 25 heavy (non-hydrogen) atoms. The predicted molar refractivity (Wildman–Crippen MR) is 99.3 cm³/mol. The van der Waals surface area contributed by atoms with Crippen LogP contribution in [0.3, 0.4) is 0 Å². The van der Waals surface area contributed by atoms with Crippen molar-refractivity contribution in [3.63, 3.8) is 0 Å². The Kier molecular flexibility index (Phi) is 6.90. The third-order valence-corrected chi connectivity index (χ3v) is 4.76. The van der Waals surface area contributed by atoms with Crippen molar-refractivity contribution in [2.75, 3.05) is 13.7 Å². The number of benzene rings is 1. The number of amides is 2. The van der Waals surface area contributed by atoms with Gasteiger partial charge in [0.05, 0.1) is 16.8 Å². The molecule has 6 nitrogen and oxygen atoms in total. The van der Waals surface area contributed by atoms with Crippen molar-refractivity contribution in [1.82, 2.24) is 9.88 Å². The first-order valence-corrected chi connectivity index (χ1v) is 9.17. The van der Waals surface area contributed by atoms with Gasteiger partial charge in [0.1, 0.15) is 6.04 Å². The van der Waals surface area contributed by atoms with E-state index in [2.05, 4.69) is 10.3 Å². The average Bonchev–Trinajstić information content (AvgIpc) is 2.88. The Hall–Kier alpha value is -1.99. The highest BCUT2D eigenvalue weighted by atomic mass is 32.1. The Balaban J connectivity index is 2.43. The van der Waals surface area contributed by atoms with Crippen LogP contribution >= 0.6 is 11.3 Å². The number of hydrogen-bond acceptors (Lipinski definition) is 4. The number of methoxy groups -OCH3 is 1. The standard InChI is InChI=1S/C18H25N3O3S/c1-12(2)11-14(19-13(3)22)17(23)20-18-21(9-10-24-4)15-7-5-6-8-16(15)25-18/h5-8,12,14H,9-11H2,1-4H3,(H,19,22)/b20-18-/t14-/m0/s1. The second kappa shape index (κ2) is 8.92. The summed E-state index contributed by atoms with van der Waals surface area (Å²) >= 11 is 1.47. The van der Waals surface area contributed by atoms with Crippen LogP contribution in [0.1, 0.15) is 27.2 Å². The van der Waals surface area contributed by atoms with Gasteiger partial charge in [0, 0.05) is 20.6 Å². The fourth-order valence-electron chi connectivity index (χ4n) is 2.62. The first kappa shape index (κ1) is 19.3. The maximum absolute atomic E-state index is 12.7. The molecule has 1 aromatic carbocycles. The van der Waals surface area contributed by atoms with E-state index < -0.39 is 6.04 Å². The number of thiazole rings is 1. The molecule has 0 aliphatic rings. The van der Waals surface area contributed by atoms with Gasteiger partial charge < -0.3 is 14.6 Å². The molecule has 0 spiro atoms. The van der Waals surface area contributed by atoms with Crippen molar-refractivity contribution in [2.24, 2.45) is 10.9 Å². The minimum absolute atomic E-state index is 0.224. The van der Waals surface area contributed by atoms with Crippen LogP contribution in [0.4, 0.5) is 0 Å². The van der Waals surface area contributed by atoms with Crippen molar-refractivity contribution in [3.05, 3.63) is 29.1 Å². The molecule has 7 heteroatoms. The summed E-state index contributed by atoms with van der Waals surface area (Å²) in [5.74, 6) is -0.265. The molecule has 0 fully saturated rings. The van der Waals surface area contributed by atoms with Crippen LogP contribution in [-0.4, -0.2) is 36.1 Å².